The Morgan fingerprint density at radius 1 is 1.00 bits per heavy atom. The number of carbonyl (C=O) groups is 3. The molecule has 40 heavy (non-hydrogen) atoms. The van der Waals surface area contributed by atoms with Crippen molar-refractivity contribution in [2.24, 2.45) is 17.8 Å². The summed E-state index contributed by atoms with van der Waals surface area (Å²) < 4.78 is 25.4. The molecule has 0 spiro atoms. The molecule has 2 N–H and O–H groups in total. The summed E-state index contributed by atoms with van der Waals surface area (Å²) in [5.41, 5.74) is 1.63. The Morgan fingerprint density at radius 2 is 1.62 bits per heavy atom. The third-order valence-electron chi connectivity index (χ3n) is 8.62. The van der Waals surface area contributed by atoms with Gasteiger partial charge in [-0.25, -0.2) is 14.0 Å². The van der Waals surface area contributed by atoms with Crippen LogP contribution in [0.15, 0.2) is 42.5 Å². The smallest absolute Gasteiger partial charge is 0.408 e. The second kappa shape index (κ2) is 11.0. The van der Waals surface area contributed by atoms with Crippen LogP contribution in [0.25, 0.3) is 0 Å². The zero-order valence-corrected chi connectivity index (χ0v) is 23.4. The van der Waals surface area contributed by atoms with Gasteiger partial charge in [0.15, 0.2) is 11.8 Å². The molecule has 4 saturated carbocycles. The number of carbonyl (C=O) groups excluding carboxylic acids is 2. The number of carboxylic acid groups (broad SMARTS) is 1. The van der Waals surface area contributed by atoms with E-state index in [1.165, 1.54) is 56.2 Å². The van der Waals surface area contributed by atoms with Crippen LogP contribution in [0.1, 0.15) is 86.3 Å². The van der Waals surface area contributed by atoms with Gasteiger partial charge in [-0.05, 0) is 100 Å². The first kappa shape index (κ1) is 28.3. The molecular weight excluding hydrogens is 513 g/mol. The standard InChI is InChI=1S/C32H38FNO6/c1-31(2,3)40-30(38)34-27(29(36)37)18-39-17-24-8-7-23(13-26(24)33)28(35)22-5-4-6-25(12-22)32-14-19-9-20(15-32)11-21(10-19)16-32/h4-8,12-13,19-21,27H,9-11,14-18H2,1-3H3,(H,34,38)(H,36,37). The van der Waals surface area contributed by atoms with Gasteiger partial charge in [0.1, 0.15) is 11.4 Å². The number of hydrogen-bond acceptors (Lipinski definition) is 5. The third kappa shape index (κ3) is 6.22. The number of benzene rings is 2. The lowest BCUT2D eigenvalue weighted by Gasteiger charge is -2.57. The van der Waals surface area contributed by atoms with Crippen molar-refractivity contribution in [2.45, 2.75) is 83.0 Å². The molecular formula is C32H38FNO6. The summed E-state index contributed by atoms with van der Waals surface area (Å²) in [5.74, 6) is 0.249. The number of alkyl carbamates (subject to hydrolysis) is 1. The Labute approximate surface area is 234 Å². The summed E-state index contributed by atoms with van der Waals surface area (Å²) in [6.45, 7) is 4.38. The number of halogens is 1. The number of nitrogens with one attached hydrogen (secondary N) is 1. The van der Waals surface area contributed by atoms with E-state index in [0.29, 0.717) is 5.56 Å². The lowest BCUT2D eigenvalue weighted by atomic mass is 9.48. The van der Waals surface area contributed by atoms with Crippen LogP contribution < -0.4 is 5.32 Å². The molecule has 7 nitrogen and oxygen atoms in total. The molecule has 4 aliphatic rings. The highest BCUT2D eigenvalue weighted by Gasteiger charge is 2.51. The van der Waals surface area contributed by atoms with Crippen molar-refractivity contribution in [3.8, 4) is 0 Å². The SMILES string of the molecule is CC(C)(C)OC(=O)NC(COCc1ccc(C(=O)c2cccc(C34CC5CC(CC(C5)C3)C4)c2)cc1F)C(=O)O. The molecule has 8 heteroatoms. The van der Waals surface area contributed by atoms with E-state index in [1.807, 2.05) is 12.1 Å². The predicted octanol–water partition coefficient (Wildman–Crippen LogP) is 6.02. The molecule has 0 heterocycles. The largest absolute Gasteiger partial charge is 0.480 e. The number of hydrogen-bond donors (Lipinski definition) is 2. The van der Waals surface area contributed by atoms with Crippen molar-refractivity contribution >= 4 is 17.8 Å². The van der Waals surface area contributed by atoms with E-state index in [9.17, 15) is 23.9 Å². The maximum atomic E-state index is 15.0. The highest BCUT2D eigenvalue weighted by molar-refractivity contribution is 6.09. The first-order chi connectivity index (χ1) is 18.9. The number of aliphatic carboxylic acids is 1. The molecule has 1 atom stereocenters. The third-order valence-corrected chi connectivity index (χ3v) is 8.62. The van der Waals surface area contributed by atoms with Crippen LogP contribution in [0.4, 0.5) is 9.18 Å². The maximum absolute atomic E-state index is 15.0. The van der Waals surface area contributed by atoms with E-state index in [1.54, 1.807) is 32.9 Å². The first-order valence-corrected chi connectivity index (χ1v) is 14.1. The van der Waals surface area contributed by atoms with Crippen LogP contribution in [0.3, 0.4) is 0 Å². The minimum Gasteiger partial charge on any atom is -0.480 e. The van der Waals surface area contributed by atoms with E-state index in [2.05, 4.69) is 11.4 Å². The molecule has 0 aliphatic heterocycles. The van der Waals surface area contributed by atoms with Crippen molar-refractivity contribution in [1.29, 1.82) is 0 Å². The maximum Gasteiger partial charge on any atom is 0.408 e. The zero-order chi connectivity index (χ0) is 28.7. The van der Waals surface area contributed by atoms with Gasteiger partial charge in [-0.3, -0.25) is 4.79 Å². The summed E-state index contributed by atoms with van der Waals surface area (Å²) in [7, 11) is 0. The molecule has 0 saturated heterocycles. The van der Waals surface area contributed by atoms with Gasteiger partial charge in [0.25, 0.3) is 0 Å². The average molecular weight is 552 g/mol. The van der Waals surface area contributed by atoms with Gasteiger partial charge in [0.05, 0.1) is 13.2 Å². The fourth-order valence-corrected chi connectivity index (χ4v) is 7.34. The lowest BCUT2D eigenvalue weighted by Crippen LogP contribution is -2.48. The zero-order valence-electron chi connectivity index (χ0n) is 23.4. The molecule has 1 amide bonds. The van der Waals surface area contributed by atoms with Crippen molar-refractivity contribution in [3.63, 3.8) is 0 Å². The van der Waals surface area contributed by atoms with E-state index in [0.717, 1.165) is 17.8 Å². The molecule has 0 radical (unpaired) electrons. The monoisotopic (exact) mass is 551 g/mol. The minimum absolute atomic E-state index is 0.170. The van der Waals surface area contributed by atoms with Crippen LogP contribution in [0.5, 0.6) is 0 Å². The summed E-state index contributed by atoms with van der Waals surface area (Å²) in [6, 6.07) is 10.8. The van der Waals surface area contributed by atoms with Crippen LogP contribution in [-0.2, 0) is 26.3 Å². The average Bonchev–Trinajstić information content (AvgIpc) is 2.86. The number of ketones is 1. The van der Waals surface area contributed by atoms with E-state index >= 15 is 0 Å². The highest BCUT2D eigenvalue weighted by atomic mass is 19.1. The van der Waals surface area contributed by atoms with Gasteiger partial charge in [-0.2, -0.15) is 0 Å². The molecule has 4 fully saturated rings. The van der Waals surface area contributed by atoms with Gasteiger partial charge in [0, 0.05) is 16.7 Å². The van der Waals surface area contributed by atoms with Gasteiger partial charge >= 0.3 is 12.1 Å². The Kier molecular flexibility index (Phi) is 7.75. The van der Waals surface area contributed by atoms with E-state index in [4.69, 9.17) is 9.47 Å². The van der Waals surface area contributed by atoms with Crippen molar-refractivity contribution in [2.75, 3.05) is 6.61 Å². The Hall–Kier alpha value is -3.26. The van der Waals surface area contributed by atoms with Crippen molar-refractivity contribution < 1.29 is 33.4 Å². The molecule has 1 unspecified atom stereocenters. The van der Waals surface area contributed by atoms with Gasteiger partial charge < -0.3 is 19.9 Å². The summed E-state index contributed by atoms with van der Waals surface area (Å²) in [4.78, 5) is 36.8. The summed E-state index contributed by atoms with van der Waals surface area (Å²) in [5, 5.41) is 11.6. The Bertz CT molecular complexity index is 1260. The highest BCUT2D eigenvalue weighted by Crippen LogP contribution is 2.60. The van der Waals surface area contributed by atoms with E-state index < -0.39 is 29.5 Å². The minimum atomic E-state index is -1.36. The quantitative estimate of drug-likeness (QED) is 0.370. The molecule has 0 aromatic heterocycles. The van der Waals surface area contributed by atoms with Crippen molar-refractivity contribution in [1.82, 2.24) is 5.32 Å². The van der Waals surface area contributed by atoms with Gasteiger partial charge in [-0.15, -0.1) is 0 Å². The second-order valence-corrected chi connectivity index (χ2v) is 13.0. The number of ether oxygens (including phenoxy) is 2. The predicted molar refractivity (Wildman–Crippen MR) is 147 cm³/mol. The first-order valence-electron chi connectivity index (χ1n) is 14.1. The topological polar surface area (TPSA) is 102 Å². The molecule has 4 aliphatic carbocycles. The second-order valence-electron chi connectivity index (χ2n) is 13.0. The van der Waals surface area contributed by atoms with Gasteiger partial charge in [0.2, 0.25) is 0 Å². The summed E-state index contributed by atoms with van der Waals surface area (Å²) >= 11 is 0. The molecule has 214 valence electrons. The van der Waals surface area contributed by atoms with E-state index in [-0.39, 0.29) is 35.5 Å². The Balaban J connectivity index is 1.22. The van der Waals surface area contributed by atoms with Crippen molar-refractivity contribution in [3.05, 3.63) is 70.5 Å². The Morgan fingerprint density at radius 3 is 2.20 bits per heavy atom. The molecule has 6 rings (SSSR count). The van der Waals surface area contributed by atoms with Crippen LogP contribution in [-0.4, -0.2) is 41.2 Å². The molecule has 2 aromatic carbocycles. The van der Waals surface area contributed by atoms with Crippen LogP contribution >= 0.6 is 0 Å². The van der Waals surface area contributed by atoms with Gasteiger partial charge in [-0.1, -0.05) is 30.3 Å². The fraction of sp³-hybridized carbons (Fsp3) is 0.531. The summed E-state index contributed by atoms with van der Waals surface area (Å²) in [6.07, 6.45) is 6.78. The number of amides is 1. The number of rotatable bonds is 9. The normalized spacial score (nSPS) is 25.9. The number of carboxylic acids is 1. The fourth-order valence-electron chi connectivity index (χ4n) is 7.34. The molecule has 2 aromatic rings. The molecule has 4 bridgehead atoms. The van der Waals surface area contributed by atoms with Crippen LogP contribution in [0, 0.1) is 23.6 Å². The van der Waals surface area contributed by atoms with Crippen LogP contribution in [0.2, 0.25) is 0 Å². The lowest BCUT2D eigenvalue weighted by molar-refractivity contribution is -0.141.